The van der Waals surface area contributed by atoms with Crippen molar-refractivity contribution < 1.29 is 4.79 Å². The van der Waals surface area contributed by atoms with Gasteiger partial charge in [-0.3, -0.25) is 0 Å². The molecule has 2 aromatic heterocycles. The van der Waals surface area contributed by atoms with E-state index in [2.05, 4.69) is 68.9 Å². The highest BCUT2D eigenvalue weighted by molar-refractivity contribution is 5.75. The van der Waals surface area contributed by atoms with Crippen molar-refractivity contribution in [1.82, 2.24) is 29.7 Å². The number of aromatic nitrogens is 4. The van der Waals surface area contributed by atoms with E-state index in [1.165, 1.54) is 5.56 Å². The number of fused-ring (bicyclic) bond motifs is 1. The van der Waals surface area contributed by atoms with Crippen LogP contribution in [0.3, 0.4) is 0 Å². The van der Waals surface area contributed by atoms with E-state index in [-0.39, 0.29) is 11.9 Å². The largest absolute Gasteiger partial charge is 0.353 e. The minimum atomic E-state index is -0.0228. The second-order valence-corrected chi connectivity index (χ2v) is 9.69. The number of rotatable bonds is 6. The molecule has 4 aromatic rings. The first kappa shape index (κ1) is 23.8. The van der Waals surface area contributed by atoms with Gasteiger partial charge in [0.2, 0.25) is 0 Å². The monoisotopic (exact) mass is 483 g/mol. The Morgan fingerprint density at radius 2 is 1.69 bits per heavy atom. The van der Waals surface area contributed by atoms with Gasteiger partial charge in [0.15, 0.2) is 0 Å². The number of nitrogens with zero attached hydrogens (tertiary/aromatic N) is 6. The number of hydrogen-bond donors (Lipinski definition) is 1. The summed E-state index contributed by atoms with van der Waals surface area (Å²) in [7, 11) is 0. The van der Waals surface area contributed by atoms with Crippen LogP contribution in [-0.4, -0.2) is 56.6 Å². The third-order valence-electron chi connectivity index (χ3n) is 6.61. The molecular weight excluding hydrogens is 450 g/mol. The molecule has 2 aromatic carbocycles. The topological polar surface area (TPSA) is 79.2 Å². The van der Waals surface area contributed by atoms with E-state index in [4.69, 9.17) is 4.98 Å². The molecule has 0 unspecified atom stereocenters. The molecule has 0 saturated carbocycles. The van der Waals surface area contributed by atoms with Gasteiger partial charge < -0.3 is 19.7 Å². The lowest BCUT2D eigenvalue weighted by Crippen LogP contribution is -2.52. The molecule has 1 saturated heterocycles. The maximum absolute atomic E-state index is 12.8. The number of aryl methyl sites for hydroxylation is 1. The summed E-state index contributed by atoms with van der Waals surface area (Å²) in [6, 6.07) is 18.5. The number of carbonyl (C=O) groups is 1. The Kier molecular flexibility index (Phi) is 6.84. The highest BCUT2D eigenvalue weighted by Gasteiger charge is 2.22. The number of para-hydroxylation sites is 2. The first-order valence-corrected chi connectivity index (χ1v) is 12.6. The molecule has 8 heteroatoms. The number of carbonyl (C=O) groups excluding carboxylic acids is 1. The van der Waals surface area contributed by atoms with Crippen molar-refractivity contribution in [3.8, 4) is 0 Å². The van der Waals surface area contributed by atoms with Crippen molar-refractivity contribution in [2.24, 2.45) is 0 Å². The summed E-state index contributed by atoms with van der Waals surface area (Å²) in [5.74, 6) is 2.11. The van der Waals surface area contributed by atoms with Crippen molar-refractivity contribution in [1.29, 1.82) is 0 Å². The van der Waals surface area contributed by atoms with Crippen LogP contribution in [0.4, 0.5) is 10.6 Å². The summed E-state index contributed by atoms with van der Waals surface area (Å²) in [6.45, 7) is 10.4. The van der Waals surface area contributed by atoms with E-state index >= 15 is 0 Å². The molecule has 3 heterocycles. The maximum atomic E-state index is 12.8. The fraction of sp³-hybridized carbons (Fsp3) is 0.357. The van der Waals surface area contributed by atoms with Gasteiger partial charge in [-0.25, -0.2) is 19.7 Å². The van der Waals surface area contributed by atoms with Crippen LogP contribution in [0, 0.1) is 6.92 Å². The van der Waals surface area contributed by atoms with Crippen molar-refractivity contribution in [3.63, 3.8) is 0 Å². The van der Waals surface area contributed by atoms with Gasteiger partial charge in [0.1, 0.15) is 11.6 Å². The van der Waals surface area contributed by atoms with E-state index in [0.29, 0.717) is 19.6 Å². The van der Waals surface area contributed by atoms with E-state index in [9.17, 15) is 4.79 Å². The van der Waals surface area contributed by atoms with E-state index in [1.54, 1.807) is 0 Å². The molecule has 0 radical (unpaired) electrons. The standard InChI is InChI=1S/C28H33N7O/c1-20(2)27-31-21(3)16-26(32-27)33-12-14-34(15-13-33)28(36)29-17-22-8-10-23(11-9-22)18-35-19-30-24-6-4-5-7-25(24)35/h4-11,16,19-20H,12-15,17-18H2,1-3H3,(H,29,36). The molecule has 1 aliphatic heterocycles. The number of hydrogen-bond acceptors (Lipinski definition) is 5. The average molecular weight is 484 g/mol. The minimum absolute atomic E-state index is 0.0228. The summed E-state index contributed by atoms with van der Waals surface area (Å²) < 4.78 is 2.15. The predicted octanol–water partition coefficient (Wildman–Crippen LogP) is 4.34. The SMILES string of the molecule is Cc1cc(N2CCN(C(=O)NCc3ccc(Cn4cnc5ccccc54)cc3)CC2)nc(C(C)C)n1. The highest BCUT2D eigenvalue weighted by Crippen LogP contribution is 2.19. The number of piperazine rings is 1. The van der Waals surface area contributed by atoms with Gasteiger partial charge in [0.25, 0.3) is 0 Å². The van der Waals surface area contributed by atoms with E-state index in [1.807, 2.05) is 42.4 Å². The average Bonchev–Trinajstić information content (AvgIpc) is 3.30. The number of urea groups is 1. The zero-order valence-electron chi connectivity index (χ0n) is 21.2. The third-order valence-corrected chi connectivity index (χ3v) is 6.61. The van der Waals surface area contributed by atoms with Crippen LogP contribution in [0.25, 0.3) is 11.0 Å². The lowest BCUT2D eigenvalue weighted by molar-refractivity contribution is 0.194. The first-order chi connectivity index (χ1) is 17.5. The van der Waals surface area contributed by atoms with Gasteiger partial charge in [-0.1, -0.05) is 50.2 Å². The lowest BCUT2D eigenvalue weighted by atomic mass is 10.1. The molecule has 2 amide bonds. The van der Waals surface area contributed by atoms with Crippen molar-refractivity contribution in [2.75, 3.05) is 31.1 Å². The molecule has 0 atom stereocenters. The number of amides is 2. The lowest BCUT2D eigenvalue weighted by Gasteiger charge is -2.35. The molecule has 1 N–H and O–H groups in total. The van der Waals surface area contributed by atoms with Gasteiger partial charge in [0.05, 0.1) is 17.4 Å². The van der Waals surface area contributed by atoms with Gasteiger partial charge in [0, 0.05) is 56.9 Å². The smallest absolute Gasteiger partial charge is 0.317 e. The fourth-order valence-corrected chi connectivity index (χ4v) is 4.52. The number of nitrogens with one attached hydrogen (secondary N) is 1. The molecule has 1 aliphatic rings. The van der Waals surface area contributed by atoms with Crippen LogP contribution in [0.5, 0.6) is 0 Å². The molecule has 8 nitrogen and oxygen atoms in total. The first-order valence-electron chi connectivity index (χ1n) is 12.6. The van der Waals surface area contributed by atoms with Crippen molar-refractivity contribution in [3.05, 3.63) is 83.6 Å². The zero-order chi connectivity index (χ0) is 25.1. The highest BCUT2D eigenvalue weighted by atomic mass is 16.2. The molecule has 0 spiro atoms. The Bertz CT molecular complexity index is 1340. The van der Waals surface area contributed by atoms with Gasteiger partial charge in [-0.2, -0.15) is 0 Å². The Morgan fingerprint density at radius 1 is 0.972 bits per heavy atom. The summed E-state index contributed by atoms with van der Waals surface area (Å²) in [5, 5.41) is 3.07. The van der Waals surface area contributed by atoms with Gasteiger partial charge in [-0.15, -0.1) is 0 Å². The molecule has 36 heavy (non-hydrogen) atoms. The zero-order valence-corrected chi connectivity index (χ0v) is 21.2. The van der Waals surface area contributed by atoms with Crippen LogP contribution in [0.2, 0.25) is 0 Å². The summed E-state index contributed by atoms with van der Waals surface area (Å²) in [4.78, 5) is 30.6. The van der Waals surface area contributed by atoms with Crippen LogP contribution >= 0.6 is 0 Å². The van der Waals surface area contributed by atoms with Crippen LogP contribution in [-0.2, 0) is 13.1 Å². The maximum Gasteiger partial charge on any atom is 0.317 e. The third kappa shape index (κ3) is 5.32. The molecule has 5 rings (SSSR count). The molecule has 0 aliphatic carbocycles. The molecule has 186 valence electrons. The van der Waals surface area contributed by atoms with Crippen molar-refractivity contribution >= 4 is 22.9 Å². The molecular formula is C28H33N7O. The normalized spacial score (nSPS) is 14.0. The van der Waals surface area contributed by atoms with Gasteiger partial charge >= 0.3 is 6.03 Å². The Morgan fingerprint density at radius 3 is 2.44 bits per heavy atom. The van der Waals surface area contributed by atoms with E-state index < -0.39 is 0 Å². The van der Waals surface area contributed by atoms with Crippen LogP contribution < -0.4 is 10.2 Å². The second kappa shape index (κ2) is 10.4. The van der Waals surface area contributed by atoms with Crippen molar-refractivity contribution in [2.45, 2.75) is 39.8 Å². The summed E-state index contributed by atoms with van der Waals surface area (Å²) in [5.41, 5.74) is 5.39. The predicted molar refractivity (Wildman–Crippen MR) is 142 cm³/mol. The van der Waals surface area contributed by atoms with Gasteiger partial charge in [-0.05, 0) is 30.2 Å². The quantitative estimate of drug-likeness (QED) is 0.441. The summed E-state index contributed by atoms with van der Waals surface area (Å²) in [6.07, 6.45) is 1.88. The molecule has 0 bridgehead atoms. The Hall–Kier alpha value is -3.94. The van der Waals surface area contributed by atoms with Crippen LogP contribution in [0.15, 0.2) is 60.9 Å². The fourth-order valence-electron chi connectivity index (χ4n) is 4.52. The molecule has 1 fully saturated rings. The summed E-state index contributed by atoms with van der Waals surface area (Å²) >= 11 is 0. The Balaban J connectivity index is 1.12. The number of anilines is 1. The van der Waals surface area contributed by atoms with Crippen LogP contribution in [0.1, 0.15) is 42.4 Å². The minimum Gasteiger partial charge on any atom is -0.353 e. The Labute approximate surface area is 212 Å². The second-order valence-electron chi connectivity index (χ2n) is 9.69. The number of benzene rings is 2. The number of imidazole rings is 1. The van der Waals surface area contributed by atoms with E-state index in [0.717, 1.165) is 53.6 Å².